The minimum absolute atomic E-state index is 0.237. The second-order valence-electron chi connectivity index (χ2n) is 7.85. The molecule has 2 heterocycles. The van der Waals surface area contributed by atoms with E-state index in [0.29, 0.717) is 50.7 Å². The molecule has 1 N–H and O–H groups in total. The van der Waals surface area contributed by atoms with Crippen molar-refractivity contribution >= 4 is 40.3 Å². The monoisotopic (exact) mass is 490 g/mol. The summed E-state index contributed by atoms with van der Waals surface area (Å²) >= 11 is 12.9. The molecule has 0 atom stereocenters. The molecule has 6 nitrogen and oxygen atoms in total. The van der Waals surface area contributed by atoms with Gasteiger partial charge in [0.2, 0.25) is 5.95 Å². The van der Waals surface area contributed by atoms with Gasteiger partial charge in [0.05, 0.1) is 21.8 Å². The average molecular weight is 491 g/mol. The topological polar surface area (TPSA) is 58.9 Å². The Balaban J connectivity index is 1.70. The minimum atomic E-state index is -0.897. The fraction of sp³-hybridized carbons (Fsp3) is 0.261. The fourth-order valence-electron chi connectivity index (χ4n) is 3.49. The van der Waals surface area contributed by atoms with Gasteiger partial charge in [0.1, 0.15) is 11.3 Å². The highest BCUT2D eigenvalue weighted by Gasteiger charge is 2.19. The van der Waals surface area contributed by atoms with Crippen LogP contribution in [0.3, 0.4) is 0 Å². The second kappa shape index (κ2) is 9.99. The lowest BCUT2D eigenvalue weighted by Gasteiger charge is -2.13. The van der Waals surface area contributed by atoms with Gasteiger partial charge in [-0.1, -0.05) is 35.3 Å². The lowest BCUT2D eigenvalue weighted by molar-refractivity contribution is 0.388. The average Bonchev–Trinajstić information content (AvgIpc) is 3.11. The Morgan fingerprint density at radius 2 is 1.79 bits per heavy atom. The number of benzene rings is 2. The van der Waals surface area contributed by atoms with E-state index >= 15 is 0 Å². The van der Waals surface area contributed by atoms with Crippen molar-refractivity contribution in [3.63, 3.8) is 0 Å². The molecule has 10 heteroatoms. The number of halogens is 4. The van der Waals surface area contributed by atoms with E-state index in [1.807, 2.05) is 18.7 Å². The molecule has 0 saturated carbocycles. The summed E-state index contributed by atoms with van der Waals surface area (Å²) in [5.74, 6) is -0.820. The number of anilines is 1. The molecule has 0 bridgehead atoms. The van der Waals surface area contributed by atoms with Gasteiger partial charge in [-0.25, -0.2) is 18.7 Å². The van der Waals surface area contributed by atoms with Crippen LogP contribution >= 0.6 is 23.2 Å². The van der Waals surface area contributed by atoms with Crippen LogP contribution in [0.2, 0.25) is 10.0 Å². The molecule has 2 aromatic carbocycles. The Morgan fingerprint density at radius 1 is 1.03 bits per heavy atom. The second-order valence-corrected chi connectivity index (χ2v) is 8.66. The molecule has 4 aromatic rings. The van der Waals surface area contributed by atoms with Crippen LogP contribution in [0.25, 0.3) is 22.6 Å². The lowest BCUT2D eigenvalue weighted by atomic mass is 10.2. The highest BCUT2D eigenvalue weighted by Crippen LogP contribution is 2.35. The molecule has 0 fully saturated rings. The van der Waals surface area contributed by atoms with Gasteiger partial charge >= 0.3 is 0 Å². The number of imidazole rings is 1. The number of rotatable bonds is 8. The van der Waals surface area contributed by atoms with Gasteiger partial charge in [0.15, 0.2) is 17.3 Å². The van der Waals surface area contributed by atoms with Gasteiger partial charge in [-0.15, -0.1) is 0 Å². The van der Waals surface area contributed by atoms with Crippen molar-refractivity contribution in [2.45, 2.75) is 19.5 Å². The van der Waals surface area contributed by atoms with E-state index < -0.39 is 11.6 Å². The number of nitrogens with zero attached hydrogens (tertiary/aromatic N) is 5. The van der Waals surface area contributed by atoms with Gasteiger partial charge in [0.25, 0.3) is 0 Å². The van der Waals surface area contributed by atoms with Gasteiger partial charge in [-0.2, -0.15) is 4.98 Å². The Labute approximate surface area is 200 Å². The van der Waals surface area contributed by atoms with Crippen LogP contribution in [-0.2, 0) is 13.1 Å². The van der Waals surface area contributed by atoms with E-state index in [-0.39, 0.29) is 6.54 Å². The molecule has 0 aliphatic heterocycles. The molecule has 0 saturated heterocycles. The number of aryl methyl sites for hydroxylation is 1. The Bertz CT molecular complexity index is 1270. The smallest absolute Gasteiger partial charge is 0.225 e. The third-order valence-electron chi connectivity index (χ3n) is 5.10. The summed E-state index contributed by atoms with van der Waals surface area (Å²) in [6.07, 6.45) is 2.47. The first kappa shape index (κ1) is 23.4. The Hall–Kier alpha value is -2.81. The van der Waals surface area contributed by atoms with E-state index in [0.717, 1.165) is 25.1 Å². The lowest BCUT2D eigenvalue weighted by Crippen LogP contribution is -2.15. The summed E-state index contributed by atoms with van der Waals surface area (Å²) in [6, 6.07) is 9.07. The van der Waals surface area contributed by atoms with Gasteiger partial charge in [-0.05, 0) is 56.9 Å². The maximum Gasteiger partial charge on any atom is 0.225 e. The number of hydrogen-bond acceptors (Lipinski definition) is 5. The number of aromatic nitrogens is 4. The Morgan fingerprint density at radius 3 is 2.48 bits per heavy atom. The van der Waals surface area contributed by atoms with Crippen molar-refractivity contribution in [2.24, 2.45) is 0 Å². The molecule has 0 amide bonds. The normalized spacial score (nSPS) is 11.5. The summed E-state index contributed by atoms with van der Waals surface area (Å²) in [5, 5.41) is 4.05. The van der Waals surface area contributed by atoms with Crippen molar-refractivity contribution in [1.29, 1.82) is 0 Å². The van der Waals surface area contributed by atoms with E-state index in [4.69, 9.17) is 28.2 Å². The molecule has 0 unspecified atom stereocenters. The van der Waals surface area contributed by atoms with Crippen LogP contribution in [0.1, 0.15) is 12.0 Å². The van der Waals surface area contributed by atoms with Crippen LogP contribution in [0.15, 0.2) is 42.6 Å². The Kier molecular flexibility index (Phi) is 7.07. The standard InChI is InChI=1S/C23H22Cl2F2N6/c1-32(2)9-4-10-33-21-19(30-22(33)20-15(24)5-3-6-16(20)25)13-29-23(31-21)28-12-14-7-8-17(26)18(27)11-14/h3,5-8,11,13H,4,9-10,12H2,1-2H3,(H,28,29,31). The van der Waals surface area contributed by atoms with Crippen molar-refractivity contribution in [2.75, 3.05) is 26.0 Å². The zero-order valence-electron chi connectivity index (χ0n) is 18.1. The number of hydrogen-bond donors (Lipinski definition) is 1. The molecule has 0 aliphatic carbocycles. The van der Waals surface area contributed by atoms with Crippen LogP contribution in [0, 0.1) is 11.6 Å². The third-order valence-corrected chi connectivity index (χ3v) is 5.73. The predicted octanol–water partition coefficient (Wildman–Crippen LogP) is 5.64. The van der Waals surface area contributed by atoms with E-state index in [1.165, 1.54) is 6.07 Å². The molecule has 0 aliphatic rings. The van der Waals surface area contributed by atoms with Gasteiger partial charge < -0.3 is 14.8 Å². The summed E-state index contributed by atoms with van der Waals surface area (Å²) in [6.45, 7) is 1.76. The summed E-state index contributed by atoms with van der Waals surface area (Å²) in [7, 11) is 4.03. The summed E-state index contributed by atoms with van der Waals surface area (Å²) in [5.41, 5.74) is 2.44. The van der Waals surface area contributed by atoms with Crippen LogP contribution in [0.5, 0.6) is 0 Å². The van der Waals surface area contributed by atoms with E-state index in [9.17, 15) is 8.78 Å². The van der Waals surface area contributed by atoms with Gasteiger partial charge in [0, 0.05) is 13.1 Å². The van der Waals surface area contributed by atoms with Crippen molar-refractivity contribution in [3.8, 4) is 11.4 Å². The summed E-state index contributed by atoms with van der Waals surface area (Å²) in [4.78, 5) is 15.8. The predicted molar refractivity (Wildman–Crippen MR) is 128 cm³/mol. The zero-order chi connectivity index (χ0) is 23.5. The maximum absolute atomic E-state index is 13.5. The molecule has 4 rings (SSSR count). The molecule has 0 radical (unpaired) electrons. The van der Waals surface area contributed by atoms with Crippen LogP contribution < -0.4 is 5.32 Å². The molecule has 172 valence electrons. The fourth-order valence-corrected chi connectivity index (χ4v) is 4.06. The largest absolute Gasteiger partial charge is 0.350 e. The minimum Gasteiger partial charge on any atom is -0.350 e. The first-order chi connectivity index (χ1) is 15.8. The molecule has 33 heavy (non-hydrogen) atoms. The SMILES string of the molecule is CN(C)CCCn1c(-c2c(Cl)cccc2Cl)nc2cnc(NCc3ccc(F)c(F)c3)nc21. The number of nitrogens with one attached hydrogen (secondary N) is 1. The molecular weight excluding hydrogens is 469 g/mol. The van der Waals surface area contributed by atoms with Crippen LogP contribution in [0.4, 0.5) is 14.7 Å². The number of fused-ring (bicyclic) bond motifs is 1. The molecule has 2 aromatic heterocycles. The highest BCUT2D eigenvalue weighted by atomic mass is 35.5. The van der Waals surface area contributed by atoms with Crippen LogP contribution in [-0.4, -0.2) is 45.1 Å². The maximum atomic E-state index is 13.5. The van der Waals surface area contributed by atoms with Crippen molar-refractivity contribution in [1.82, 2.24) is 24.4 Å². The first-order valence-electron chi connectivity index (χ1n) is 10.3. The quantitative estimate of drug-likeness (QED) is 0.346. The van der Waals surface area contributed by atoms with Gasteiger partial charge in [-0.3, -0.25) is 0 Å². The third kappa shape index (κ3) is 5.24. The van der Waals surface area contributed by atoms with E-state index in [1.54, 1.807) is 24.4 Å². The van der Waals surface area contributed by atoms with E-state index in [2.05, 4.69) is 20.2 Å². The molecule has 0 spiro atoms. The van der Waals surface area contributed by atoms with Crippen molar-refractivity contribution < 1.29 is 8.78 Å². The van der Waals surface area contributed by atoms with Crippen molar-refractivity contribution in [3.05, 3.63) is 69.8 Å². The summed E-state index contributed by atoms with van der Waals surface area (Å²) < 4.78 is 28.7. The molecular formula is C23H22Cl2F2N6. The highest BCUT2D eigenvalue weighted by molar-refractivity contribution is 6.39. The zero-order valence-corrected chi connectivity index (χ0v) is 19.6. The first-order valence-corrected chi connectivity index (χ1v) is 11.1.